The number of hydrogen-bond acceptors (Lipinski definition) is 5. The number of anilines is 1. The third kappa shape index (κ3) is 3.95. The molecule has 0 unspecified atom stereocenters. The Hall–Kier alpha value is -2.57. The van der Waals surface area contributed by atoms with Gasteiger partial charge in [-0.05, 0) is 19.8 Å². The Bertz CT molecular complexity index is 966. The summed E-state index contributed by atoms with van der Waals surface area (Å²) in [6, 6.07) is -0.416. The smallest absolute Gasteiger partial charge is 0.321 e. The van der Waals surface area contributed by atoms with Crippen molar-refractivity contribution < 1.29 is 26.4 Å². The second kappa shape index (κ2) is 7.69. The molecule has 29 heavy (non-hydrogen) atoms. The van der Waals surface area contributed by atoms with Gasteiger partial charge < -0.3 is 10.2 Å². The van der Waals surface area contributed by atoms with Gasteiger partial charge in [0.25, 0.3) is 6.43 Å². The van der Waals surface area contributed by atoms with Crippen LogP contribution in [0.4, 0.5) is 23.7 Å². The number of carbonyl (C=O) groups is 1. The van der Waals surface area contributed by atoms with Crippen LogP contribution in [0.5, 0.6) is 0 Å². The van der Waals surface area contributed by atoms with Gasteiger partial charge in [0.2, 0.25) is 14.8 Å². The fourth-order valence-electron chi connectivity index (χ4n) is 3.40. The number of halogens is 3. The molecule has 9 nitrogen and oxygen atoms in total. The van der Waals surface area contributed by atoms with Crippen molar-refractivity contribution in [1.29, 1.82) is 0 Å². The number of aryl methyl sites for hydroxylation is 1. The van der Waals surface area contributed by atoms with Crippen LogP contribution in [0, 0.1) is 5.92 Å². The molecule has 0 spiro atoms. The van der Waals surface area contributed by atoms with Crippen molar-refractivity contribution in [2.45, 2.75) is 36.1 Å². The van der Waals surface area contributed by atoms with Crippen molar-refractivity contribution in [3.05, 3.63) is 24.3 Å². The lowest BCUT2D eigenvalue weighted by molar-refractivity contribution is 0.116. The molecule has 160 valence electrons. The normalized spacial score (nSPS) is 18.1. The number of H-pyrrole nitrogens is 1. The monoisotopic (exact) mass is 434 g/mol. The second-order valence-electron chi connectivity index (χ2n) is 7.02. The van der Waals surface area contributed by atoms with E-state index in [0.29, 0.717) is 5.69 Å². The number of likely N-dealkylation sites (tertiary alicyclic amines) is 1. The lowest BCUT2D eigenvalue weighted by Gasteiger charge is -2.37. The first-order valence-electron chi connectivity index (χ1n) is 8.84. The highest BCUT2D eigenvalue weighted by molar-refractivity contribution is 7.92. The first-order chi connectivity index (χ1) is 13.5. The van der Waals surface area contributed by atoms with Gasteiger partial charge in [-0.3, -0.25) is 9.78 Å². The molecule has 2 amide bonds. The van der Waals surface area contributed by atoms with E-state index in [2.05, 4.69) is 20.6 Å². The van der Waals surface area contributed by atoms with E-state index in [0.717, 1.165) is 17.8 Å². The van der Waals surface area contributed by atoms with Crippen molar-refractivity contribution in [3.8, 4) is 0 Å². The summed E-state index contributed by atoms with van der Waals surface area (Å²) < 4.78 is 68.5. The van der Waals surface area contributed by atoms with Gasteiger partial charge in [0.15, 0.2) is 0 Å². The molecule has 2 N–H and O–H groups in total. The molecular weight excluding hydrogens is 413 g/mol. The topological polar surface area (TPSA) is 113 Å². The van der Waals surface area contributed by atoms with E-state index in [4.69, 9.17) is 0 Å². The highest BCUT2D eigenvalue weighted by Crippen LogP contribution is 2.41. The van der Waals surface area contributed by atoms with E-state index in [1.165, 1.54) is 24.3 Å². The maximum absolute atomic E-state index is 15.5. The minimum atomic E-state index is -4.73. The first kappa shape index (κ1) is 21.1. The molecule has 0 bridgehead atoms. The van der Waals surface area contributed by atoms with Crippen LogP contribution in [0.2, 0.25) is 0 Å². The maximum atomic E-state index is 15.5. The summed E-state index contributed by atoms with van der Waals surface area (Å²) in [6.45, 7) is 1.13. The Labute approximate surface area is 165 Å². The number of piperidine rings is 1. The first-order valence-corrected chi connectivity index (χ1v) is 10.3. The number of sulfone groups is 1. The Morgan fingerprint density at radius 1 is 1.38 bits per heavy atom. The lowest BCUT2D eigenvalue weighted by atomic mass is 9.92. The van der Waals surface area contributed by atoms with Crippen LogP contribution in [0.1, 0.15) is 31.9 Å². The number of rotatable bonds is 5. The molecule has 3 rings (SSSR count). The van der Waals surface area contributed by atoms with Gasteiger partial charge in [-0.1, -0.05) is 0 Å². The van der Waals surface area contributed by atoms with Crippen molar-refractivity contribution in [3.63, 3.8) is 0 Å². The average Bonchev–Trinajstić information content (AvgIpc) is 3.31. The van der Waals surface area contributed by atoms with Gasteiger partial charge in [-0.25, -0.2) is 26.4 Å². The van der Waals surface area contributed by atoms with Crippen LogP contribution in [0.3, 0.4) is 0 Å². The Morgan fingerprint density at radius 2 is 2.03 bits per heavy atom. The van der Waals surface area contributed by atoms with Crippen LogP contribution in [0.15, 0.2) is 23.5 Å². The second-order valence-corrected chi connectivity index (χ2v) is 9.27. The van der Waals surface area contributed by atoms with Crippen molar-refractivity contribution >= 4 is 21.6 Å². The minimum absolute atomic E-state index is 0.0648. The number of amides is 2. The number of aromatic amines is 1. The van der Waals surface area contributed by atoms with Gasteiger partial charge in [-0.2, -0.15) is 10.2 Å². The molecule has 1 aliphatic heterocycles. The lowest BCUT2D eigenvalue weighted by Crippen LogP contribution is -2.48. The highest BCUT2D eigenvalue weighted by atomic mass is 32.2. The maximum Gasteiger partial charge on any atom is 0.321 e. The van der Waals surface area contributed by atoms with E-state index < -0.39 is 43.8 Å². The van der Waals surface area contributed by atoms with Crippen molar-refractivity contribution in [2.75, 3.05) is 18.4 Å². The Kier molecular flexibility index (Phi) is 5.61. The zero-order valence-corrected chi connectivity index (χ0v) is 16.6. The third-order valence-corrected chi connectivity index (χ3v) is 7.38. The molecule has 1 fully saturated rings. The summed E-state index contributed by atoms with van der Waals surface area (Å²) >= 11 is 0. The summed E-state index contributed by atoms with van der Waals surface area (Å²) in [5.74, 6) is -0.962. The van der Waals surface area contributed by atoms with E-state index in [9.17, 15) is 22.0 Å². The summed E-state index contributed by atoms with van der Waals surface area (Å²) in [6.07, 6.45) is 0.784. The molecule has 1 saturated heterocycles. The number of alkyl halides is 3. The molecule has 0 aliphatic carbocycles. The SMILES string of the molecule is Cn1cc(S(=O)(=O)[C@@](C)(F)C2CCN(C(=O)Nc3cn[nH]c3)CC2)c(C(F)F)n1. The standard InChI is InChI=1S/C16H21F3N6O3S/c1-16(19,29(27,28)12-9-24(2)23-13(12)14(17)18)10-3-5-25(6-4-10)15(26)22-11-7-20-21-8-11/h7-10,14H,3-6H2,1-2H3,(H,20,21)(H,22,26)/t16-/m1/s1. The molecule has 0 aromatic carbocycles. The zero-order chi connectivity index (χ0) is 21.4. The quantitative estimate of drug-likeness (QED) is 0.751. The Morgan fingerprint density at radius 3 is 2.59 bits per heavy atom. The molecule has 0 saturated carbocycles. The van der Waals surface area contributed by atoms with Crippen molar-refractivity contribution in [1.82, 2.24) is 24.9 Å². The van der Waals surface area contributed by atoms with E-state index in [-0.39, 0.29) is 25.9 Å². The molecule has 0 radical (unpaired) electrons. The fourth-order valence-corrected chi connectivity index (χ4v) is 5.20. The number of nitrogens with one attached hydrogen (secondary N) is 2. The van der Waals surface area contributed by atoms with Crippen LogP contribution < -0.4 is 5.32 Å². The van der Waals surface area contributed by atoms with Crippen LogP contribution in [-0.4, -0.2) is 57.4 Å². The molecule has 1 aliphatic rings. The number of urea groups is 1. The van der Waals surface area contributed by atoms with E-state index in [1.54, 1.807) is 0 Å². The number of carbonyl (C=O) groups excluding carboxylic acids is 1. The van der Waals surface area contributed by atoms with Crippen molar-refractivity contribution in [2.24, 2.45) is 13.0 Å². The minimum Gasteiger partial charge on any atom is -0.325 e. The molecule has 13 heteroatoms. The van der Waals surface area contributed by atoms with Gasteiger partial charge in [0.05, 0.1) is 11.9 Å². The fraction of sp³-hybridized carbons (Fsp3) is 0.562. The largest absolute Gasteiger partial charge is 0.325 e. The summed E-state index contributed by atoms with van der Waals surface area (Å²) in [7, 11) is -3.44. The number of aromatic nitrogens is 4. The number of nitrogens with zero attached hydrogens (tertiary/aromatic N) is 4. The van der Waals surface area contributed by atoms with Crippen LogP contribution in [-0.2, 0) is 16.9 Å². The average molecular weight is 434 g/mol. The highest BCUT2D eigenvalue weighted by Gasteiger charge is 2.50. The van der Waals surface area contributed by atoms with Gasteiger partial charge in [-0.15, -0.1) is 0 Å². The predicted octanol–water partition coefficient (Wildman–Crippen LogP) is 2.48. The van der Waals surface area contributed by atoms with Crippen LogP contribution in [0.25, 0.3) is 0 Å². The van der Waals surface area contributed by atoms with E-state index in [1.807, 2.05) is 0 Å². The van der Waals surface area contributed by atoms with Crippen LogP contribution >= 0.6 is 0 Å². The molecule has 1 atom stereocenters. The molecule has 3 heterocycles. The summed E-state index contributed by atoms with van der Waals surface area (Å²) in [5, 5.41) is 9.54. The Balaban J connectivity index is 1.73. The molecular formula is C16H21F3N6O3S. The predicted molar refractivity (Wildman–Crippen MR) is 96.8 cm³/mol. The molecule has 2 aromatic heterocycles. The van der Waals surface area contributed by atoms with Gasteiger partial charge in [0, 0.05) is 38.4 Å². The summed E-state index contributed by atoms with van der Waals surface area (Å²) in [4.78, 5) is 12.9. The van der Waals surface area contributed by atoms with Gasteiger partial charge in [0.1, 0.15) is 10.6 Å². The third-order valence-electron chi connectivity index (χ3n) is 5.10. The zero-order valence-electron chi connectivity index (χ0n) is 15.8. The number of hydrogen-bond donors (Lipinski definition) is 2. The van der Waals surface area contributed by atoms with Gasteiger partial charge >= 0.3 is 6.03 Å². The summed E-state index contributed by atoms with van der Waals surface area (Å²) in [5.41, 5.74) is -0.501. The van der Waals surface area contributed by atoms with E-state index >= 15 is 4.39 Å². The molecule has 2 aromatic rings.